The molecule has 0 heterocycles. The van der Waals surface area contributed by atoms with Crippen LogP contribution in [0.25, 0.3) is 0 Å². The quantitative estimate of drug-likeness (QED) is 0.597. The summed E-state index contributed by atoms with van der Waals surface area (Å²) in [6.07, 6.45) is -4.61. The summed E-state index contributed by atoms with van der Waals surface area (Å²) in [7, 11) is 1.17. The molecule has 0 aromatic heterocycles. The van der Waals surface area contributed by atoms with E-state index >= 15 is 0 Å². The number of hydrogen-bond donors (Lipinski definition) is 1. The van der Waals surface area contributed by atoms with Crippen LogP contribution >= 0.6 is 0 Å². The van der Waals surface area contributed by atoms with Gasteiger partial charge in [0, 0.05) is 6.54 Å². The van der Waals surface area contributed by atoms with Gasteiger partial charge in [0.2, 0.25) is 0 Å². The Labute approximate surface area is 184 Å². The van der Waals surface area contributed by atoms with Gasteiger partial charge in [-0.05, 0) is 56.5 Å². The normalized spacial score (nSPS) is 12.7. The van der Waals surface area contributed by atoms with Crippen LogP contribution in [-0.2, 0) is 27.2 Å². The minimum absolute atomic E-state index is 0.0529. The van der Waals surface area contributed by atoms with Gasteiger partial charge in [-0.3, -0.25) is 10.1 Å². The fourth-order valence-corrected chi connectivity index (χ4v) is 2.92. The second-order valence-corrected chi connectivity index (χ2v) is 8.02. The number of benzene rings is 2. The zero-order valence-corrected chi connectivity index (χ0v) is 18.3. The predicted molar refractivity (Wildman–Crippen MR) is 111 cm³/mol. The van der Waals surface area contributed by atoms with E-state index in [1.165, 1.54) is 13.2 Å². The smallest absolute Gasteiger partial charge is 0.465 e. The van der Waals surface area contributed by atoms with E-state index in [-0.39, 0.29) is 24.1 Å². The third kappa shape index (κ3) is 8.22. The maximum Gasteiger partial charge on any atom is 0.573 e. The van der Waals surface area contributed by atoms with Crippen molar-refractivity contribution in [1.82, 2.24) is 5.32 Å². The summed E-state index contributed by atoms with van der Waals surface area (Å²) >= 11 is 0. The van der Waals surface area contributed by atoms with Gasteiger partial charge in [0.1, 0.15) is 17.4 Å². The highest BCUT2D eigenvalue weighted by atomic mass is 19.4. The van der Waals surface area contributed by atoms with Crippen LogP contribution < -0.4 is 10.1 Å². The number of carbonyl (C=O) groups is 2. The molecule has 174 valence electrons. The molecule has 0 aliphatic rings. The first-order valence-corrected chi connectivity index (χ1v) is 9.85. The lowest BCUT2D eigenvalue weighted by molar-refractivity contribution is -0.274. The molecule has 0 aliphatic carbocycles. The monoisotopic (exact) mass is 453 g/mol. The van der Waals surface area contributed by atoms with E-state index in [1.807, 2.05) is 30.3 Å². The van der Waals surface area contributed by atoms with Crippen molar-refractivity contribution in [2.45, 2.75) is 51.7 Å². The van der Waals surface area contributed by atoms with Gasteiger partial charge in [-0.2, -0.15) is 0 Å². The summed E-state index contributed by atoms with van der Waals surface area (Å²) < 4.78 is 52.0. The Balaban J connectivity index is 2.29. The molecule has 0 saturated carbocycles. The highest BCUT2D eigenvalue weighted by molar-refractivity contribution is 5.91. The molecular weight excluding hydrogens is 427 g/mol. The molecule has 0 bridgehead atoms. The van der Waals surface area contributed by atoms with Gasteiger partial charge < -0.3 is 14.2 Å². The summed E-state index contributed by atoms with van der Waals surface area (Å²) in [5, 5.41) is 3.00. The number of esters is 2. The van der Waals surface area contributed by atoms with E-state index < -0.39 is 35.7 Å². The third-order valence-corrected chi connectivity index (χ3v) is 4.23. The minimum atomic E-state index is -4.89. The topological polar surface area (TPSA) is 73.9 Å². The van der Waals surface area contributed by atoms with Gasteiger partial charge in [-0.1, -0.05) is 30.3 Å². The molecule has 2 aromatic rings. The summed E-state index contributed by atoms with van der Waals surface area (Å²) in [5.41, 5.74) is 0.362. The Morgan fingerprint density at radius 3 is 2.25 bits per heavy atom. The standard InChI is InChI=1S/C23H26F3NO5/c1-22(2,3)32-21(29)19(12-15-8-6-5-7-9-15)27-14-16-13-17(31-23(24,25)26)10-11-18(16)20(28)30-4/h5-11,13,19,27H,12,14H2,1-4H3. The first kappa shape index (κ1) is 25.2. The molecule has 6 nitrogen and oxygen atoms in total. The molecule has 0 amide bonds. The van der Waals surface area contributed by atoms with Crippen molar-refractivity contribution in [3.8, 4) is 5.75 Å². The fourth-order valence-electron chi connectivity index (χ4n) is 2.92. The van der Waals surface area contributed by atoms with Gasteiger partial charge >= 0.3 is 18.3 Å². The molecule has 0 spiro atoms. The Morgan fingerprint density at radius 2 is 1.69 bits per heavy atom. The Bertz CT molecular complexity index is 923. The largest absolute Gasteiger partial charge is 0.573 e. The lowest BCUT2D eigenvalue weighted by Gasteiger charge is -2.25. The van der Waals surface area contributed by atoms with E-state index in [4.69, 9.17) is 9.47 Å². The molecule has 32 heavy (non-hydrogen) atoms. The number of halogens is 3. The number of rotatable bonds is 8. The van der Waals surface area contributed by atoms with E-state index in [9.17, 15) is 22.8 Å². The van der Waals surface area contributed by atoms with Crippen molar-refractivity contribution in [3.63, 3.8) is 0 Å². The van der Waals surface area contributed by atoms with Crippen molar-refractivity contribution < 1.29 is 37.0 Å². The molecule has 1 atom stereocenters. The maximum atomic E-state index is 12.8. The average Bonchev–Trinajstić information content (AvgIpc) is 2.69. The van der Waals surface area contributed by atoms with Crippen LogP contribution in [0.1, 0.15) is 42.3 Å². The minimum Gasteiger partial charge on any atom is -0.465 e. The summed E-state index contributed by atoms with van der Waals surface area (Å²) in [6, 6.07) is 11.7. The number of alkyl halides is 3. The molecule has 1 unspecified atom stereocenters. The Hall–Kier alpha value is -3.07. The van der Waals surface area contributed by atoms with Gasteiger partial charge in [0.05, 0.1) is 12.7 Å². The first-order valence-electron chi connectivity index (χ1n) is 9.85. The third-order valence-electron chi connectivity index (χ3n) is 4.23. The van der Waals surface area contributed by atoms with Crippen LogP contribution in [0.4, 0.5) is 13.2 Å². The number of carbonyl (C=O) groups excluding carboxylic acids is 2. The number of nitrogens with one attached hydrogen (secondary N) is 1. The Kier molecular flexibility index (Phi) is 8.26. The maximum absolute atomic E-state index is 12.8. The summed E-state index contributed by atoms with van der Waals surface area (Å²) in [6.45, 7) is 5.10. The summed E-state index contributed by atoms with van der Waals surface area (Å²) in [4.78, 5) is 24.8. The highest BCUT2D eigenvalue weighted by Crippen LogP contribution is 2.26. The lowest BCUT2D eigenvalue weighted by Crippen LogP contribution is -2.42. The van der Waals surface area contributed by atoms with E-state index in [0.717, 1.165) is 17.7 Å². The highest BCUT2D eigenvalue weighted by Gasteiger charge is 2.32. The van der Waals surface area contributed by atoms with Gasteiger partial charge in [-0.15, -0.1) is 13.2 Å². The number of methoxy groups -OCH3 is 1. The predicted octanol–water partition coefficient (Wildman–Crippen LogP) is 4.41. The van der Waals surface area contributed by atoms with Crippen molar-refractivity contribution in [3.05, 3.63) is 65.2 Å². The van der Waals surface area contributed by atoms with Crippen LogP contribution in [0.5, 0.6) is 5.75 Å². The zero-order chi connectivity index (χ0) is 23.9. The van der Waals surface area contributed by atoms with Gasteiger partial charge in [0.15, 0.2) is 0 Å². The van der Waals surface area contributed by atoms with E-state index in [0.29, 0.717) is 0 Å². The van der Waals surface area contributed by atoms with Gasteiger partial charge in [0.25, 0.3) is 0 Å². The van der Waals surface area contributed by atoms with Crippen molar-refractivity contribution in [2.24, 2.45) is 0 Å². The molecule has 9 heteroatoms. The van der Waals surface area contributed by atoms with Crippen LogP contribution in [-0.4, -0.2) is 37.1 Å². The van der Waals surface area contributed by atoms with E-state index in [2.05, 4.69) is 10.1 Å². The van der Waals surface area contributed by atoms with Gasteiger partial charge in [-0.25, -0.2) is 4.79 Å². The molecule has 0 saturated heterocycles. The summed E-state index contributed by atoms with van der Waals surface area (Å²) in [5.74, 6) is -1.74. The number of ether oxygens (including phenoxy) is 3. The Morgan fingerprint density at radius 1 is 1.03 bits per heavy atom. The molecule has 0 fully saturated rings. The average molecular weight is 453 g/mol. The SMILES string of the molecule is COC(=O)c1ccc(OC(F)(F)F)cc1CNC(Cc1ccccc1)C(=O)OC(C)(C)C. The first-order chi connectivity index (χ1) is 14.9. The molecule has 0 aliphatic heterocycles. The lowest BCUT2D eigenvalue weighted by atomic mass is 10.0. The molecule has 2 aromatic carbocycles. The van der Waals surface area contributed by atoms with Crippen molar-refractivity contribution in [1.29, 1.82) is 0 Å². The molecule has 2 rings (SSSR count). The second-order valence-electron chi connectivity index (χ2n) is 8.02. The van der Waals surface area contributed by atoms with Crippen LogP contribution in [0.15, 0.2) is 48.5 Å². The molecule has 0 radical (unpaired) electrons. The van der Waals surface area contributed by atoms with Crippen molar-refractivity contribution >= 4 is 11.9 Å². The van der Waals surface area contributed by atoms with E-state index in [1.54, 1.807) is 20.8 Å². The van der Waals surface area contributed by atoms with Crippen LogP contribution in [0.2, 0.25) is 0 Å². The van der Waals surface area contributed by atoms with Crippen LogP contribution in [0, 0.1) is 0 Å². The fraction of sp³-hybridized carbons (Fsp3) is 0.391. The number of hydrogen-bond acceptors (Lipinski definition) is 6. The molecule has 1 N–H and O–H groups in total. The van der Waals surface area contributed by atoms with Crippen LogP contribution in [0.3, 0.4) is 0 Å². The second kappa shape index (κ2) is 10.5. The molecular formula is C23H26F3NO5. The van der Waals surface area contributed by atoms with Crippen molar-refractivity contribution in [2.75, 3.05) is 7.11 Å². The zero-order valence-electron chi connectivity index (χ0n) is 18.3.